The average Bonchev–Trinajstić information content (AvgIpc) is 2.65. The first-order valence-corrected chi connectivity index (χ1v) is 9.56. The van der Waals surface area contributed by atoms with Crippen LogP contribution in [0.2, 0.25) is 5.02 Å². The van der Waals surface area contributed by atoms with E-state index in [1.807, 2.05) is 30.3 Å². The quantitative estimate of drug-likeness (QED) is 0.863. The minimum atomic E-state index is 0.0540. The molecule has 3 rings (SSSR count). The molecule has 0 aliphatic carbocycles. The van der Waals surface area contributed by atoms with Gasteiger partial charge in [0.15, 0.2) is 0 Å². The van der Waals surface area contributed by atoms with Gasteiger partial charge in [-0.2, -0.15) is 0 Å². The Hall–Kier alpha value is -2.04. The van der Waals surface area contributed by atoms with Gasteiger partial charge in [-0.05, 0) is 42.7 Å². The molecule has 1 fully saturated rings. The van der Waals surface area contributed by atoms with E-state index in [9.17, 15) is 4.79 Å². The van der Waals surface area contributed by atoms with Crippen molar-refractivity contribution >= 4 is 28.9 Å². The summed E-state index contributed by atoms with van der Waals surface area (Å²) in [6.45, 7) is 8.18. The first-order chi connectivity index (χ1) is 12.6. The number of amides is 1. The molecular weight excluding hydrogens is 346 g/mol. The van der Waals surface area contributed by atoms with Crippen LogP contribution in [-0.2, 0) is 11.2 Å². The monoisotopic (exact) mass is 371 g/mol. The molecule has 0 unspecified atom stereocenters. The molecule has 2 aromatic carbocycles. The molecule has 2 aromatic rings. The fourth-order valence-electron chi connectivity index (χ4n) is 3.41. The Kier molecular flexibility index (Phi) is 6.17. The Labute approximate surface area is 160 Å². The molecule has 138 valence electrons. The maximum Gasteiger partial charge on any atom is 0.238 e. The van der Waals surface area contributed by atoms with Gasteiger partial charge >= 0.3 is 0 Å². The Bertz CT molecular complexity index is 770. The van der Waals surface area contributed by atoms with Gasteiger partial charge in [-0.3, -0.25) is 9.69 Å². The molecule has 0 bridgehead atoms. The van der Waals surface area contributed by atoms with E-state index in [0.29, 0.717) is 6.54 Å². The van der Waals surface area contributed by atoms with E-state index >= 15 is 0 Å². The highest BCUT2D eigenvalue weighted by Gasteiger charge is 2.20. The van der Waals surface area contributed by atoms with Gasteiger partial charge in [-0.15, -0.1) is 0 Å². The van der Waals surface area contributed by atoms with E-state index in [4.69, 9.17) is 11.6 Å². The second kappa shape index (κ2) is 8.56. The third-order valence-corrected chi connectivity index (χ3v) is 5.16. The van der Waals surface area contributed by atoms with Crippen LogP contribution in [0.3, 0.4) is 0 Å². The van der Waals surface area contributed by atoms with Crippen LogP contribution in [0.4, 0.5) is 11.4 Å². The molecule has 1 saturated heterocycles. The number of benzene rings is 2. The van der Waals surface area contributed by atoms with Crippen molar-refractivity contribution < 1.29 is 4.79 Å². The fourth-order valence-corrected chi connectivity index (χ4v) is 3.58. The van der Waals surface area contributed by atoms with Gasteiger partial charge in [0, 0.05) is 42.6 Å². The maximum atomic E-state index is 12.4. The summed E-state index contributed by atoms with van der Waals surface area (Å²) in [5.74, 6) is 0.0540. The van der Waals surface area contributed by atoms with E-state index < -0.39 is 0 Å². The van der Waals surface area contributed by atoms with Crippen LogP contribution in [0, 0.1) is 6.92 Å². The Morgan fingerprint density at radius 1 is 1.12 bits per heavy atom. The molecule has 0 saturated carbocycles. The number of rotatable bonds is 5. The molecule has 1 N–H and O–H groups in total. The van der Waals surface area contributed by atoms with Crippen LogP contribution in [0.1, 0.15) is 18.1 Å². The summed E-state index contributed by atoms with van der Waals surface area (Å²) in [4.78, 5) is 17.0. The van der Waals surface area contributed by atoms with Crippen LogP contribution in [0.25, 0.3) is 0 Å². The number of halogens is 1. The summed E-state index contributed by atoms with van der Waals surface area (Å²) >= 11 is 6.15. The highest BCUT2D eigenvalue weighted by Crippen LogP contribution is 2.25. The number of hydrogen-bond donors (Lipinski definition) is 1. The molecule has 1 aliphatic rings. The summed E-state index contributed by atoms with van der Waals surface area (Å²) < 4.78 is 0. The summed E-state index contributed by atoms with van der Waals surface area (Å²) in [7, 11) is 0. The number of anilines is 2. The predicted octanol–water partition coefficient (Wildman–Crippen LogP) is 3.97. The van der Waals surface area contributed by atoms with Gasteiger partial charge in [-0.25, -0.2) is 0 Å². The topological polar surface area (TPSA) is 35.6 Å². The zero-order valence-electron chi connectivity index (χ0n) is 15.5. The van der Waals surface area contributed by atoms with Gasteiger partial charge in [0.05, 0.1) is 6.54 Å². The highest BCUT2D eigenvalue weighted by atomic mass is 35.5. The van der Waals surface area contributed by atoms with Crippen molar-refractivity contribution in [3.63, 3.8) is 0 Å². The first-order valence-electron chi connectivity index (χ1n) is 9.18. The Morgan fingerprint density at radius 3 is 2.58 bits per heavy atom. The number of carbonyl (C=O) groups excluding carboxylic acids is 1. The second-order valence-electron chi connectivity index (χ2n) is 6.75. The minimum absolute atomic E-state index is 0.0540. The average molecular weight is 372 g/mol. The summed E-state index contributed by atoms with van der Waals surface area (Å²) in [6, 6.07) is 14.0. The Balaban J connectivity index is 1.54. The first kappa shape index (κ1) is 18.7. The van der Waals surface area contributed by atoms with Crippen LogP contribution in [0.5, 0.6) is 0 Å². The lowest BCUT2D eigenvalue weighted by Gasteiger charge is -2.36. The van der Waals surface area contributed by atoms with E-state index in [2.05, 4.69) is 41.1 Å². The minimum Gasteiger partial charge on any atom is -0.369 e. The lowest BCUT2D eigenvalue weighted by Crippen LogP contribution is -2.48. The lowest BCUT2D eigenvalue weighted by atomic mass is 10.1. The van der Waals surface area contributed by atoms with Crippen LogP contribution < -0.4 is 10.2 Å². The number of nitrogens with zero attached hydrogens (tertiary/aromatic N) is 2. The number of piperazine rings is 1. The standard InChI is InChI=1S/C21H26ClN3O/c1-3-17-6-4-5-7-19(17)23-21(26)15-24-10-12-25(13-11-24)20-14-18(22)9-8-16(20)2/h4-9,14H,3,10-13,15H2,1-2H3,(H,23,26). The van der Waals surface area contributed by atoms with Crippen LogP contribution in [-0.4, -0.2) is 43.5 Å². The van der Waals surface area contributed by atoms with Crippen molar-refractivity contribution in [1.82, 2.24) is 4.90 Å². The molecule has 4 nitrogen and oxygen atoms in total. The van der Waals surface area contributed by atoms with Crippen LogP contribution >= 0.6 is 11.6 Å². The third kappa shape index (κ3) is 4.57. The molecule has 26 heavy (non-hydrogen) atoms. The van der Waals surface area contributed by atoms with E-state index in [0.717, 1.165) is 43.3 Å². The number of aryl methyl sites for hydroxylation is 2. The summed E-state index contributed by atoms with van der Waals surface area (Å²) in [6.07, 6.45) is 0.911. The largest absolute Gasteiger partial charge is 0.369 e. The van der Waals surface area contributed by atoms with Gasteiger partial charge in [0.2, 0.25) is 5.91 Å². The molecule has 5 heteroatoms. The smallest absolute Gasteiger partial charge is 0.238 e. The number of para-hydroxylation sites is 1. The molecule has 0 aromatic heterocycles. The summed E-state index contributed by atoms with van der Waals surface area (Å²) in [5.41, 5.74) is 4.52. The van der Waals surface area contributed by atoms with Crippen molar-refractivity contribution in [2.24, 2.45) is 0 Å². The molecule has 0 spiro atoms. The lowest BCUT2D eigenvalue weighted by molar-refractivity contribution is -0.117. The second-order valence-corrected chi connectivity index (χ2v) is 7.19. The van der Waals surface area contributed by atoms with Gasteiger partial charge in [0.1, 0.15) is 0 Å². The van der Waals surface area contributed by atoms with Crippen molar-refractivity contribution in [3.8, 4) is 0 Å². The molecule has 1 heterocycles. The van der Waals surface area contributed by atoms with Crippen molar-refractivity contribution in [1.29, 1.82) is 0 Å². The summed E-state index contributed by atoms with van der Waals surface area (Å²) in [5, 5.41) is 3.82. The maximum absolute atomic E-state index is 12.4. The van der Waals surface area contributed by atoms with Crippen molar-refractivity contribution in [2.75, 3.05) is 42.9 Å². The van der Waals surface area contributed by atoms with E-state index in [1.54, 1.807) is 0 Å². The zero-order valence-corrected chi connectivity index (χ0v) is 16.2. The zero-order chi connectivity index (χ0) is 18.5. The van der Waals surface area contributed by atoms with E-state index in [1.165, 1.54) is 16.8 Å². The SMILES string of the molecule is CCc1ccccc1NC(=O)CN1CCN(c2cc(Cl)ccc2C)CC1. The highest BCUT2D eigenvalue weighted by molar-refractivity contribution is 6.30. The fraction of sp³-hybridized carbons (Fsp3) is 0.381. The molecule has 1 amide bonds. The predicted molar refractivity (Wildman–Crippen MR) is 109 cm³/mol. The number of nitrogens with one attached hydrogen (secondary N) is 1. The molecule has 0 atom stereocenters. The van der Waals surface area contributed by atoms with Crippen molar-refractivity contribution in [2.45, 2.75) is 20.3 Å². The number of carbonyl (C=O) groups is 1. The normalized spacial score (nSPS) is 15.1. The van der Waals surface area contributed by atoms with Gasteiger partial charge in [-0.1, -0.05) is 42.8 Å². The van der Waals surface area contributed by atoms with Gasteiger partial charge in [0.25, 0.3) is 0 Å². The third-order valence-electron chi connectivity index (χ3n) is 4.92. The molecular formula is C21H26ClN3O. The van der Waals surface area contributed by atoms with E-state index in [-0.39, 0.29) is 5.91 Å². The van der Waals surface area contributed by atoms with Crippen LogP contribution in [0.15, 0.2) is 42.5 Å². The molecule has 1 aliphatic heterocycles. The molecule has 0 radical (unpaired) electrons. The number of hydrogen-bond acceptors (Lipinski definition) is 3. The van der Waals surface area contributed by atoms with Gasteiger partial charge < -0.3 is 10.2 Å². The van der Waals surface area contributed by atoms with Crippen molar-refractivity contribution in [3.05, 3.63) is 58.6 Å². The Morgan fingerprint density at radius 2 is 1.85 bits per heavy atom.